The fraction of sp³-hybridized carbons (Fsp3) is 1.00. The maximum atomic E-state index is 11.2. The average Bonchev–Trinajstić information content (AvgIpc) is 1.97. The maximum absolute atomic E-state index is 11.2. The molecular weight excluding hydrogens is 280 g/mol. The number of nitrogens with one attached hydrogen (secondary N) is 1. The van der Waals surface area contributed by atoms with Crippen LogP contribution in [-0.2, 0) is 29.9 Å². The lowest BCUT2D eigenvalue weighted by molar-refractivity contribution is 0.578. The van der Waals surface area contributed by atoms with Crippen molar-refractivity contribution in [3.8, 4) is 0 Å². The fourth-order valence-corrected chi connectivity index (χ4v) is 3.83. The minimum atomic E-state index is -3.79. The van der Waals surface area contributed by atoms with Gasteiger partial charge in [-0.25, -0.2) is 35.1 Å². The Morgan fingerprint density at radius 3 is 1.81 bits per heavy atom. The van der Waals surface area contributed by atoms with E-state index < -0.39 is 47.1 Å². The summed E-state index contributed by atoms with van der Waals surface area (Å²) in [6.07, 6.45) is 0.910. The lowest BCUT2D eigenvalue weighted by atomic mass is 10.8. The van der Waals surface area contributed by atoms with Crippen LogP contribution in [0.5, 0.6) is 0 Å². The first-order chi connectivity index (χ1) is 6.91. The Morgan fingerprint density at radius 1 is 0.938 bits per heavy atom. The first kappa shape index (κ1) is 15.8. The highest BCUT2D eigenvalue weighted by molar-refractivity contribution is 7.94. The van der Waals surface area contributed by atoms with Crippen molar-refractivity contribution in [1.29, 1.82) is 0 Å². The molecule has 0 aliphatic heterocycles. The van der Waals surface area contributed by atoms with E-state index in [0.29, 0.717) is 0 Å². The topological polar surface area (TPSA) is 140 Å². The molecule has 0 aromatic heterocycles. The first-order valence-corrected chi connectivity index (χ1v) is 9.50. The third-order valence-corrected chi connectivity index (χ3v) is 4.79. The minimum Gasteiger partial charge on any atom is -0.229 e. The highest BCUT2D eigenvalue weighted by Gasteiger charge is 2.14. The molecule has 0 saturated heterocycles. The predicted octanol–water partition coefficient (Wildman–Crippen LogP) is -2.76. The van der Waals surface area contributed by atoms with Crippen molar-refractivity contribution in [1.82, 2.24) is 4.72 Å². The molecule has 0 spiro atoms. The summed E-state index contributed by atoms with van der Waals surface area (Å²) < 4.78 is 66.6. The standard InChI is InChI=1S/C5H14N2O6S3/c1-14(8,9)4-5-16(12,13)7-2-3-15(6,10)11/h7H,2-5H2,1H3,(H2,6,10,11). The summed E-state index contributed by atoms with van der Waals surface area (Å²) >= 11 is 0. The van der Waals surface area contributed by atoms with E-state index in [1.807, 2.05) is 4.72 Å². The zero-order chi connectivity index (χ0) is 13.0. The third-order valence-electron chi connectivity index (χ3n) is 1.43. The number of nitrogens with two attached hydrogens (primary N) is 1. The molecule has 11 heteroatoms. The van der Waals surface area contributed by atoms with Gasteiger partial charge in [0.2, 0.25) is 20.0 Å². The number of sulfonamides is 2. The SMILES string of the molecule is CS(=O)(=O)CCS(=O)(=O)NCCS(N)(=O)=O. The van der Waals surface area contributed by atoms with Crippen molar-refractivity contribution >= 4 is 29.9 Å². The quantitative estimate of drug-likeness (QED) is 0.521. The monoisotopic (exact) mass is 294 g/mol. The minimum absolute atomic E-state index is 0.370. The van der Waals surface area contributed by atoms with Crippen LogP contribution in [-0.4, -0.2) is 55.3 Å². The highest BCUT2D eigenvalue weighted by Crippen LogP contribution is 1.90. The van der Waals surface area contributed by atoms with Crippen LogP contribution in [0, 0.1) is 0 Å². The van der Waals surface area contributed by atoms with Gasteiger partial charge in [0.05, 0.1) is 17.3 Å². The van der Waals surface area contributed by atoms with Gasteiger partial charge >= 0.3 is 0 Å². The maximum Gasteiger partial charge on any atom is 0.212 e. The van der Waals surface area contributed by atoms with E-state index in [-0.39, 0.29) is 6.54 Å². The molecule has 0 atom stereocenters. The molecule has 8 nitrogen and oxygen atoms in total. The van der Waals surface area contributed by atoms with Crippen molar-refractivity contribution in [3.63, 3.8) is 0 Å². The molecule has 0 aromatic rings. The lowest BCUT2D eigenvalue weighted by Crippen LogP contribution is -2.34. The molecule has 0 aliphatic carbocycles. The van der Waals surface area contributed by atoms with Crippen LogP contribution in [0.1, 0.15) is 0 Å². The number of rotatable bonds is 7. The molecule has 0 saturated carbocycles. The summed E-state index contributed by atoms with van der Waals surface area (Å²) in [5, 5.41) is 4.65. The van der Waals surface area contributed by atoms with Gasteiger partial charge in [-0.2, -0.15) is 0 Å². The van der Waals surface area contributed by atoms with Crippen LogP contribution >= 0.6 is 0 Å². The molecule has 0 amide bonds. The molecule has 0 aromatic carbocycles. The zero-order valence-electron chi connectivity index (χ0n) is 8.58. The summed E-state index contributed by atoms with van der Waals surface area (Å²) in [6.45, 7) is -0.370. The first-order valence-electron chi connectivity index (χ1n) is 4.07. The molecule has 0 heterocycles. The van der Waals surface area contributed by atoms with Gasteiger partial charge in [0.15, 0.2) is 0 Å². The van der Waals surface area contributed by atoms with E-state index in [1.54, 1.807) is 0 Å². The van der Waals surface area contributed by atoms with E-state index in [0.717, 1.165) is 6.26 Å². The molecule has 0 fully saturated rings. The Morgan fingerprint density at radius 2 is 1.44 bits per heavy atom. The molecular formula is C5H14N2O6S3. The molecule has 0 rings (SSSR count). The van der Waals surface area contributed by atoms with E-state index in [2.05, 4.69) is 5.14 Å². The van der Waals surface area contributed by atoms with Crippen molar-refractivity contribution in [2.24, 2.45) is 5.14 Å². The van der Waals surface area contributed by atoms with Crippen LogP contribution in [0.4, 0.5) is 0 Å². The molecule has 0 aliphatic rings. The van der Waals surface area contributed by atoms with Crippen molar-refractivity contribution in [2.45, 2.75) is 0 Å². The third kappa shape index (κ3) is 10.3. The Labute approximate surface area is 95.2 Å². The highest BCUT2D eigenvalue weighted by atomic mass is 32.2. The van der Waals surface area contributed by atoms with Gasteiger partial charge < -0.3 is 0 Å². The Hall–Kier alpha value is -0.230. The molecule has 0 radical (unpaired) electrons. The van der Waals surface area contributed by atoms with Crippen LogP contribution in [0.2, 0.25) is 0 Å². The second kappa shape index (κ2) is 5.40. The van der Waals surface area contributed by atoms with Gasteiger partial charge in [0.25, 0.3) is 0 Å². The summed E-state index contributed by atoms with van der Waals surface area (Å²) in [5.41, 5.74) is 0. The second-order valence-electron chi connectivity index (χ2n) is 3.21. The Bertz CT molecular complexity index is 517. The smallest absolute Gasteiger partial charge is 0.212 e. The van der Waals surface area contributed by atoms with Gasteiger partial charge in [-0.15, -0.1) is 0 Å². The van der Waals surface area contributed by atoms with E-state index >= 15 is 0 Å². The number of hydrogen-bond donors (Lipinski definition) is 2. The van der Waals surface area contributed by atoms with Crippen molar-refractivity contribution in [2.75, 3.05) is 30.1 Å². The van der Waals surface area contributed by atoms with Gasteiger partial charge in [-0.3, -0.25) is 0 Å². The van der Waals surface area contributed by atoms with Gasteiger partial charge in [-0.1, -0.05) is 0 Å². The Balaban J connectivity index is 4.18. The second-order valence-corrected chi connectivity index (χ2v) is 9.13. The molecule has 16 heavy (non-hydrogen) atoms. The summed E-state index contributed by atoms with van der Waals surface area (Å²) in [5.74, 6) is -1.65. The summed E-state index contributed by atoms with van der Waals surface area (Å²) in [4.78, 5) is 0. The van der Waals surface area contributed by atoms with E-state index in [4.69, 9.17) is 0 Å². The van der Waals surface area contributed by atoms with Crippen molar-refractivity contribution in [3.05, 3.63) is 0 Å². The van der Waals surface area contributed by atoms with Gasteiger partial charge in [-0.05, 0) is 0 Å². The molecule has 0 bridgehead atoms. The number of hydrogen-bond acceptors (Lipinski definition) is 6. The average molecular weight is 294 g/mol. The number of sulfone groups is 1. The van der Waals surface area contributed by atoms with Crippen LogP contribution < -0.4 is 9.86 Å². The van der Waals surface area contributed by atoms with Crippen LogP contribution in [0.25, 0.3) is 0 Å². The summed E-state index contributed by atoms with van der Waals surface area (Å²) in [6, 6.07) is 0. The molecule has 0 unspecified atom stereocenters. The van der Waals surface area contributed by atoms with Crippen LogP contribution in [0.15, 0.2) is 0 Å². The number of primary sulfonamides is 1. The van der Waals surface area contributed by atoms with Gasteiger partial charge in [0, 0.05) is 12.8 Å². The lowest BCUT2D eigenvalue weighted by Gasteiger charge is -2.04. The van der Waals surface area contributed by atoms with E-state index in [1.165, 1.54) is 0 Å². The normalized spacial score (nSPS) is 13.9. The van der Waals surface area contributed by atoms with Gasteiger partial charge in [0.1, 0.15) is 9.84 Å². The molecule has 98 valence electrons. The fourth-order valence-electron chi connectivity index (χ4n) is 0.673. The van der Waals surface area contributed by atoms with Crippen LogP contribution in [0.3, 0.4) is 0 Å². The predicted molar refractivity (Wildman–Crippen MR) is 59.5 cm³/mol. The molecule has 3 N–H and O–H groups in total. The van der Waals surface area contributed by atoms with E-state index in [9.17, 15) is 25.3 Å². The largest absolute Gasteiger partial charge is 0.229 e. The zero-order valence-corrected chi connectivity index (χ0v) is 11.0. The Kier molecular flexibility index (Phi) is 5.32. The van der Waals surface area contributed by atoms with Crippen molar-refractivity contribution < 1.29 is 25.3 Å². The summed E-state index contributed by atoms with van der Waals surface area (Å²) in [7, 11) is -10.9.